The van der Waals surface area contributed by atoms with E-state index in [0.717, 1.165) is 12.0 Å². The summed E-state index contributed by atoms with van der Waals surface area (Å²) in [7, 11) is 1.56. The van der Waals surface area contributed by atoms with Crippen LogP contribution in [0.15, 0.2) is 42.6 Å². The van der Waals surface area contributed by atoms with Gasteiger partial charge in [0.1, 0.15) is 5.82 Å². The number of pyridine rings is 1. The van der Waals surface area contributed by atoms with Crippen molar-refractivity contribution in [1.29, 1.82) is 0 Å². The highest BCUT2D eigenvalue weighted by Gasteiger charge is 2.29. The first-order valence-electron chi connectivity index (χ1n) is 10.1. The Balaban J connectivity index is 1.56. The lowest BCUT2D eigenvalue weighted by Crippen LogP contribution is -2.45. The molecule has 1 aromatic carbocycles. The molecule has 1 aliphatic rings. The van der Waals surface area contributed by atoms with Gasteiger partial charge in [0.15, 0.2) is 18.1 Å². The number of methoxy groups -OCH3 is 1. The van der Waals surface area contributed by atoms with Crippen LogP contribution in [-0.2, 0) is 9.59 Å². The molecule has 0 saturated carbocycles. The van der Waals surface area contributed by atoms with Gasteiger partial charge < -0.3 is 19.7 Å². The van der Waals surface area contributed by atoms with Crippen molar-refractivity contribution in [3.8, 4) is 11.5 Å². The lowest BCUT2D eigenvalue weighted by molar-refractivity contribution is -0.136. The highest BCUT2D eigenvalue weighted by molar-refractivity contribution is 6.30. The summed E-state index contributed by atoms with van der Waals surface area (Å²) in [5.74, 6) is 0.884. The topological polar surface area (TPSA) is 80.8 Å². The number of hydrogen-bond donors (Lipinski definition) is 1. The number of nitrogens with one attached hydrogen (secondary N) is 1. The van der Waals surface area contributed by atoms with Crippen LogP contribution >= 0.6 is 11.6 Å². The van der Waals surface area contributed by atoms with Gasteiger partial charge in [0, 0.05) is 19.3 Å². The van der Waals surface area contributed by atoms with Gasteiger partial charge in [-0.15, -0.1) is 0 Å². The number of hydrogen-bond acceptors (Lipinski definition) is 5. The van der Waals surface area contributed by atoms with Gasteiger partial charge in [0.05, 0.1) is 18.1 Å². The van der Waals surface area contributed by atoms with Crippen molar-refractivity contribution in [2.75, 3.05) is 32.1 Å². The second-order valence-corrected chi connectivity index (χ2v) is 7.67. The zero-order chi connectivity index (χ0) is 22.2. The maximum absolute atomic E-state index is 12.7. The molecule has 1 saturated heterocycles. The van der Waals surface area contributed by atoms with Gasteiger partial charge in [-0.05, 0) is 49.6 Å². The molecule has 1 atom stereocenters. The van der Waals surface area contributed by atoms with Crippen molar-refractivity contribution < 1.29 is 19.1 Å². The SMILES string of the molecule is CC=Cc1ccc(OCC(=O)N2CCCC(C(=O)Nc3ccc(Cl)cn3)C2)c(OC)c1. The van der Waals surface area contributed by atoms with E-state index in [1.54, 1.807) is 30.2 Å². The predicted octanol–water partition coefficient (Wildman–Crippen LogP) is 4.03. The van der Waals surface area contributed by atoms with Gasteiger partial charge in [-0.25, -0.2) is 4.98 Å². The maximum atomic E-state index is 12.7. The summed E-state index contributed by atoms with van der Waals surface area (Å²) >= 11 is 5.82. The zero-order valence-electron chi connectivity index (χ0n) is 17.6. The van der Waals surface area contributed by atoms with Crippen molar-refractivity contribution in [3.63, 3.8) is 0 Å². The molecule has 0 bridgehead atoms. The van der Waals surface area contributed by atoms with Crippen LogP contribution in [0.1, 0.15) is 25.3 Å². The molecule has 2 amide bonds. The van der Waals surface area contributed by atoms with E-state index in [4.69, 9.17) is 21.1 Å². The molecule has 1 fully saturated rings. The first-order chi connectivity index (χ1) is 15.0. The minimum absolute atomic E-state index is 0.119. The number of carbonyl (C=O) groups excluding carboxylic acids is 2. The molecule has 31 heavy (non-hydrogen) atoms. The Morgan fingerprint density at radius 2 is 2.13 bits per heavy atom. The number of aromatic nitrogens is 1. The largest absolute Gasteiger partial charge is 0.493 e. The average molecular weight is 444 g/mol. The molecule has 0 radical (unpaired) electrons. The van der Waals surface area contributed by atoms with Crippen LogP contribution in [0.3, 0.4) is 0 Å². The van der Waals surface area contributed by atoms with E-state index in [9.17, 15) is 9.59 Å². The van der Waals surface area contributed by atoms with Crippen LogP contribution in [0, 0.1) is 5.92 Å². The Morgan fingerprint density at radius 1 is 1.29 bits per heavy atom. The highest BCUT2D eigenvalue weighted by atomic mass is 35.5. The molecule has 8 heteroatoms. The zero-order valence-corrected chi connectivity index (χ0v) is 18.4. The minimum Gasteiger partial charge on any atom is -0.493 e. The van der Waals surface area contributed by atoms with Crippen LogP contribution in [0.2, 0.25) is 5.02 Å². The van der Waals surface area contributed by atoms with E-state index >= 15 is 0 Å². The Bertz CT molecular complexity index is 946. The summed E-state index contributed by atoms with van der Waals surface area (Å²) in [6, 6.07) is 8.85. The number of halogens is 1. The van der Waals surface area contributed by atoms with E-state index in [1.807, 2.05) is 31.2 Å². The number of benzene rings is 1. The Hall–Kier alpha value is -3.06. The van der Waals surface area contributed by atoms with Crippen LogP contribution < -0.4 is 14.8 Å². The molecule has 1 N–H and O–H groups in total. The Morgan fingerprint density at radius 3 is 2.84 bits per heavy atom. The Labute approximate surface area is 187 Å². The number of piperidine rings is 1. The van der Waals surface area contributed by atoms with E-state index in [2.05, 4.69) is 10.3 Å². The molecular formula is C23H26ClN3O4. The lowest BCUT2D eigenvalue weighted by Gasteiger charge is -2.32. The normalized spacial score (nSPS) is 16.2. The molecule has 1 aromatic heterocycles. The monoisotopic (exact) mass is 443 g/mol. The fraction of sp³-hybridized carbons (Fsp3) is 0.348. The molecular weight excluding hydrogens is 418 g/mol. The van der Waals surface area contributed by atoms with Gasteiger partial charge in [0.2, 0.25) is 5.91 Å². The lowest BCUT2D eigenvalue weighted by atomic mass is 9.97. The molecule has 164 valence electrons. The molecule has 1 aliphatic heterocycles. The van der Waals surface area contributed by atoms with Crippen LogP contribution in [0.4, 0.5) is 5.82 Å². The first-order valence-corrected chi connectivity index (χ1v) is 10.5. The van der Waals surface area contributed by atoms with Gasteiger partial charge in [-0.2, -0.15) is 0 Å². The maximum Gasteiger partial charge on any atom is 0.260 e. The summed E-state index contributed by atoms with van der Waals surface area (Å²) in [6.45, 7) is 2.77. The van der Waals surface area contributed by atoms with Crippen molar-refractivity contribution in [2.24, 2.45) is 5.92 Å². The first kappa shape index (κ1) is 22.6. The number of carbonyl (C=O) groups is 2. The second-order valence-electron chi connectivity index (χ2n) is 7.23. The fourth-order valence-electron chi connectivity index (χ4n) is 3.43. The van der Waals surface area contributed by atoms with Crippen molar-refractivity contribution >= 4 is 35.3 Å². The number of allylic oxidation sites excluding steroid dienone is 1. The number of amides is 2. The fourth-order valence-corrected chi connectivity index (χ4v) is 3.54. The van der Waals surface area contributed by atoms with E-state index < -0.39 is 0 Å². The molecule has 0 aliphatic carbocycles. The summed E-state index contributed by atoms with van der Waals surface area (Å²) in [4.78, 5) is 31.0. The quantitative estimate of drug-likeness (QED) is 0.698. The number of ether oxygens (including phenoxy) is 2. The molecule has 2 heterocycles. The second kappa shape index (κ2) is 10.8. The van der Waals surface area contributed by atoms with Crippen molar-refractivity contribution in [1.82, 2.24) is 9.88 Å². The number of likely N-dealkylation sites (tertiary alicyclic amines) is 1. The molecule has 3 rings (SSSR count). The van der Waals surface area contributed by atoms with E-state index in [-0.39, 0.29) is 24.3 Å². The summed E-state index contributed by atoms with van der Waals surface area (Å²) in [5.41, 5.74) is 0.984. The molecule has 2 aromatic rings. The van der Waals surface area contributed by atoms with Crippen molar-refractivity contribution in [2.45, 2.75) is 19.8 Å². The smallest absolute Gasteiger partial charge is 0.260 e. The number of anilines is 1. The molecule has 0 spiro atoms. The third-order valence-corrected chi connectivity index (χ3v) is 5.25. The standard InChI is InChI=1S/C23H26ClN3O4/c1-3-5-16-7-9-19(20(12-16)30-2)31-15-22(28)27-11-4-6-17(14-27)23(29)26-21-10-8-18(24)13-25-21/h3,5,7-10,12-13,17H,4,6,11,14-15H2,1-2H3,(H,25,26,29). The van der Waals surface area contributed by atoms with Crippen LogP contribution in [-0.4, -0.2) is 48.5 Å². The highest BCUT2D eigenvalue weighted by Crippen LogP contribution is 2.29. The van der Waals surface area contributed by atoms with Gasteiger partial charge in [-0.1, -0.05) is 29.8 Å². The van der Waals surface area contributed by atoms with Crippen molar-refractivity contribution in [3.05, 3.63) is 53.2 Å². The average Bonchev–Trinajstić information content (AvgIpc) is 2.79. The van der Waals surface area contributed by atoms with Crippen LogP contribution in [0.25, 0.3) is 6.08 Å². The Kier molecular flexibility index (Phi) is 7.89. The summed E-state index contributed by atoms with van der Waals surface area (Å²) in [6.07, 6.45) is 6.83. The molecule has 1 unspecified atom stereocenters. The molecule has 7 nitrogen and oxygen atoms in total. The summed E-state index contributed by atoms with van der Waals surface area (Å²) in [5, 5.41) is 3.29. The third kappa shape index (κ3) is 6.21. The third-order valence-electron chi connectivity index (χ3n) is 5.02. The minimum atomic E-state index is -0.301. The number of nitrogens with zero attached hydrogens (tertiary/aromatic N) is 2. The van der Waals surface area contributed by atoms with E-state index in [0.29, 0.717) is 41.8 Å². The van der Waals surface area contributed by atoms with Gasteiger partial charge in [-0.3, -0.25) is 9.59 Å². The summed E-state index contributed by atoms with van der Waals surface area (Å²) < 4.78 is 11.1. The van der Waals surface area contributed by atoms with Crippen LogP contribution in [0.5, 0.6) is 11.5 Å². The predicted molar refractivity (Wildman–Crippen MR) is 120 cm³/mol. The van der Waals surface area contributed by atoms with Gasteiger partial charge in [0.25, 0.3) is 5.91 Å². The number of rotatable bonds is 7. The van der Waals surface area contributed by atoms with Gasteiger partial charge >= 0.3 is 0 Å². The van der Waals surface area contributed by atoms with E-state index in [1.165, 1.54) is 6.20 Å².